The Morgan fingerprint density at radius 3 is 2.64 bits per heavy atom. The number of rotatable bonds is 5. The first-order valence-corrected chi connectivity index (χ1v) is 10.8. The maximum Gasteiger partial charge on any atom is 0.257 e. The van der Waals surface area contributed by atoms with Crippen molar-refractivity contribution in [2.45, 2.75) is 19.9 Å². The highest BCUT2D eigenvalue weighted by molar-refractivity contribution is 7.80. The van der Waals surface area contributed by atoms with Crippen LogP contribution in [-0.2, 0) is 4.79 Å². The number of carbonyl (C=O) groups excluding carboxylic acids is 1. The van der Waals surface area contributed by atoms with E-state index in [0.29, 0.717) is 27.7 Å². The molecule has 3 N–H and O–H groups in total. The highest BCUT2D eigenvalue weighted by Gasteiger charge is 2.35. The summed E-state index contributed by atoms with van der Waals surface area (Å²) in [4.78, 5) is 15.3. The highest BCUT2D eigenvalue weighted by atomic mass is 35.5. The zero-order chi connectivity index (χ0) is 23.7. The Kier molecular flexibility index (Phi) is 6.26. The van der Waals surface area contributed by atoms with E-state index in [1.165, 1.54) is 7.11 Å². The van der Waals surface area contributed by atoms with Crippen LogP contribution in [0, 0.1) is 6.92 Å². The second-order valence-electron chi connectivity index (χ2n) is 7.38. The normalized spacial score (nSPS) is 15.9. The molecule has 1 unspecified atom stereocenters. The SMILES string of the molecule is COc1cc(C2NC(=S)N(c3ccccc3)C(C)=C2C(=O)Nc2cc(C)on2)cc(Cl)c1O. The van der Waals surface area contributed by atoms with Crippen LogP contribution in [-0.4, -0.2) is 28.4 Å². The van der Waals surface area contributed by atoms with Gasteiger partial charge in [0.25, 0.3) is 5.91 Å². The fourth-order valence-corrected chi connectivity index (χ4v) is 4.28. The Morgan fingerprint density at radius 2 is 2.00 bits per heavy atom. The number of benzene rings is 2. The van der Waals surface area contributed by atoms with E-state index in [1.807, 2.05) is 37.3 Å². The van der Waals surface area contributed by atoms with Gasteiger partial charge in [-0.05, 0) is 55.9 Å². The average Bonchev–Trinajstić information content (AvgIpc) is 3.20. The predicted octanol–water partition coefficient (Wildman–Crippen LogP) is 4.70. The van der Waals surface area contributed by atoms with E-state index in [1.54, 1.807) is 30.0 Å². The molecule has 0 saturated carbocycles. The Bertz CT molecular complexity index is 1260. The second-order valence-corrected chi connectivity index (χ2v) is 8.18. The number of amides is 1. The first-order chi connectivity index (χ1) is 15.8. The number of nitrogens with zero attached hydrogens (tertiary/aromatic N) is 2. The summed E-state index contributed by atoms with van der Waals surface area (Å²) in [6.07, 6.45) is 0. The number of aryl methyl sites for hydroxylation is 1. The quantitative estimate of drug-likeness (QED) is 0.448. The van der Waals surface area contributed by atoms with Crippen LogP contribution in [0.25, 0.3) is 0 Å². The third-order valence-corrected chi connectivity index (χ3v) is 5.81. The molecule has 0 bridgehead atoms. The number of hydrogen-bond acceptors (Lipinski definition) is 6. The number of aromatic nitrogens is 1. The third kappa shape index (κ3) is 4.37. The minimum atomic E-state index is -0.669. The van der Waals surface area contributed by atoms with E-state index in [4.69, 9.17) is 33.1 Å². The van der Waals surface area contributed by atoms with Gasteiger partial charge in [0.15, 0.2) is 22.4 Å². The summed E-state index contributed by atoms with van der Waals surface area (Å²) in [5.74, 6) is 0.455. The topological polar surface area (TPSA) is 99.9 Å². The number of carbonyl (C=O) groups is 1. The van der Waals surface area contributed by atoms with Crippen molar-refractivity contribution in [3.05, 3.63) is 76.1 Å². The van der Waals surface area contributed by atoms with Gasteiger partial charge in [-0.2, -0.15) is 0 Å². The molecule has 0 saturated heterocycles. The highest BCUT2D eigenvalue weighted by Crippen LogP contribution is 2.40. The fourth-order valence-electron chi connectivity index (χ4n) is 3.70. The van der Waals surface area contributed by atoms with E-state index in [2.05, 4.69) is 15.8 Å². The van der Waals surface area contributed by atoms with Crippen molar-refractivity contribution in [2.24, 2.45) is 0 Å². The molecule has 1 aliphatic heterocycles. The molecule has 33 heavy (non-hydrogen) atoms. The molecule has 0 fully saturated rings. The molecule has 3 aromatic rings. The molecule has 10 heteroatoms. The number of nitrogens with one attached hydrogen (secondary N) is 2. The molecule has 1 aliphatic rings. The number of aromatic hydroxyl groups is 1. The van der Waals surface area contributed by atoms with Crippen LogP contribution in [0.2, 0.25) is 5.02 Å². The van der Waals surface area contributed by atoms with Crippen molar-refractivity contribution < 1.29 is 19.2 Å². The van der Waals surface area contributed by atoms with Gasteiger partial charge in [0.2, 0.25) is 0 Å². The standard InChI is InChI=1S/C23H21ClN4O4S/c1-12-9-18(27-32-12)25-22(30)19-13(2)28(15-7-5-4-6-8-15)23(33)26-20(19)14-10-16(24)21(29)17(11-14)31-3/h4-11,20,29H,1-3H3,(H,26,33)(H,25,27,30). The van der Waals surface area contributed by atoms with Crippen LogP contribution in [0.15, 0.2) is 64.3 Å². The summed E-state index contributed by atoms with van der Waals surface area (Å²) in [6, 6.07) is 13.6. The maximum absolute atomic E-state index is 13.5. The summed E-state index contributed by atoms with van der Waals surface area (Å²) in [6.45, 7) is 3.55. The van der Waals surface area contributed by atoms with E-state index in [0.717, 1.165) is 5.69 Å². The summed E-state index contributed by atoms with van der Waals surface area (Å²) in [5, 5.41) is 20.5. The molecule has 8 nitrogen and oxygen atoms in total. The first-order valence-electron chi connectivity index (χ1n) is 9.97. The molecule has 0 aliphatic carbocycles. The fraction of sp³-hybridized carbons (Fsp3) is 0.174. The summed E-state index contributed by atoms with van der Waals surface area (Å²) >= 11 is 11.9. The molecular formula is C23H21ClN4O4S. The lowest BCUT2D eigenvalue weighted by molar-refractivity contribution is -0.113. The molecule has 1 aromatic heterocycles. The van der Waals surface area contributed by atoms with Crippen LogP contribution in [0.3, 0.4) is 0 Å². The van der Waals surface area contributed by atoms with Crippen molar-refractivity contribution >= 4 is 46.3 Å². The molecule has 0 radical (unpaired) electrons. The maximum atomic E-state index is 13.5. The summed E-state index contributed by atoms with van der Waals surface area (Å²) in [5.41, 5.74) is 2.40. The number of anilines is 2. The van der Waals surface area contributed by atoms with Crippen molar-refractivity contribution in [3.63, 3.8) is 0 Å². The van der Waals surface area contributed by atoms with Crippen LogP contribution in [0.5, 0.6) is 11.5 Å². The monoisotopic (exact) mass is 484 g/mol. The van der Waals surface area contributed by atoms with Crippen molar-refractivity contribution in [1.82, 2.24) is 10.5 Å². The Labute approximate surface area is 200 Å². The smallest absolute Gasteiger partial charge is 0.257 e. The Hall–Kier alpha value is -3.56. The minimum Gasteiger partial charge on any atom is -0.503 e. The second kappa shape index (κ2) is 9.13. The van der Waals surface area contributed by atoms with E-state index < -0.39 is 11.9 Å². The van der Waals surface area contributed by atoms with E-state index in [9.17, 15) is 9.90 Å². The minimum absolute atomic E-state index is 0.0899. The zero-order valence-electron chi connectivity index (χ0n) is 18.0. The lowest BCUT2D eigenvalue weighted by Crippen LogP contribution is -2.48. The molecule has 2 aromatic carbocycles. The predicted molar refractivity (Wildman–Crippen MR) is 130 cm³/mol. The first kappa shape index (κ1) is 22.6. The Morgan fingerprint density at radius 1 is 1.27 bits per heavy atom. The summed E-state index contributed by atoms with van der Waals surface area (Å²) in [7, 11) is 1.42. The molecule has 170 valence electrons. The van der Waals surface area contributed by atoms with Gasteiger partial charge in [-0.15, -0.1) is 0 Å². The third-order valence-electron chi connectivity index (χ3n) is 5.22. The number of phenolic OH excluding ortho intramolecular Hbond substituents is 1. The van der Waals surface area contributed by atoms with Gasteiger partial charge in [-0.1, -0.05) is 35.0 Å². The average molecular weight is 485 g/mol. The number of phenols is 1. The number of para-hydroxylation sites is 1. The zero-order valence-corrected chi connectivity index (χ0v) is 19.6. The molecule has 0 spiro atoms. The number of halogens is 1. The van der Waals surface area contributed by atoms with Gasteiger partial charge in [-0.25, -0.2) is 0 Å². The van der Waals surface area contributed by atoms with Gasteiger partial charge in [0.05, 0.1) is 23.7 Å². The van der Waals surface area contributed by atoms with Gasteiger partial charge >= 0.3 is 0 Å². The molecule has 2 heterocycles. The van der Waals surface area contributed by atoms with Gasteiger partial charge in [-0.3, -0.25) is 9.69 Å². The van der Waals surface area contributed by atoms with Crippen molar-refractivity contribution in [1.29, 1.82) is 0 Å². The molecule has 1 atom stereocenters. The van der Waals surface area contributed by atoms with Gasteiger partial charge in [0, 0.05) is 17.5 Å². The molecular weight excluding hydrogens is 464 g/mol. The molecule has 4 rings (SSSR count). The van der Waals surface area contributed by atoms with Gasteiger partial charge in [0.1, 0.15) is 5.76 Å². The van der Waals surface area contributed by atoms with Gasteiger partial charge < -0.3 is 25.0 Å². The van der Waals surface area contributed by atoms with Crippen LogP contribution < -0.4 is 20.3 Å². The largest absolute Gasteiger partial charge is 0.503 e. The van der Waals surface area contributed by atoms with Crippen LogP contribution in [0.1, 0.15) is 24.3 Å². The summed E-state index contributed by atoms with van der Waals surface area (Å²) < 4.78 is 10.3. The number of hydrogen-bond donors (Lipinski definition) is 3. The van der Waals surface area contributed by atoms with E-state index in [-0.39, 0.29) is 22.3 Å². The number of ether oxygens (including phenoxy) is 1. The molecule has 1 amide bonds. The lowest BCUT2D eigenvalue weighted by atomic mass is 9.93. The van der Waals surface area contributed by atoms with Crippen molar-refractivity contribution in [3.8, 4) is 11.5 Å². The Balaban J connectivity index is 1.85. The van der Waals surface area contributed by atoms with Crippen LogP contribution in [0.4, 0.5) is 11.5 Å². The van der Waals surface area contributed by atoms with Crippen LogP contribution >= 0.6 is 23.8 Å². The van der Waals surface area contributed by atoms with E-state index >= 15 is 0 Å². The number of allylic oxidation sites excluding steroid dienone is 1. The number of thiocarbonyl (C=S) groups is 1. The van der Waals surface area contributed by atoms with Crippen molar-refractivity contribution in [2.75, 3.05) is 17.3 Å². The number of methoxy groups -OCH3 is 1. The lowest BCUT2D eigenvalue weighted by Gasteiger charge is -2.38.